The molecular weight excluding hydrogens is 500 g/mol. The van der Waals surface area contributed by atoms with Gasteiger partial charge in [-0.2, -0.15) is 0 Å². The number of anilines is 2. The van der Waals surface area contributed by atoms with E-state index in [1.807, 2.05) is 106 Å². The second-order valence-corrected chi connectivity index (χ2v) is 10.1. The van der Waals surface area contributed by atoms with Gasteiger partial charge in [-0.05, 0) is 56.2 Å². The third kappa shape index (κ3) is 5.59. The fourth-order valence-corrected chi connectivity index (χ4v) is 5.35. The summed E-state index contributed by atoms with van der Waals surface area (Å²) >= 11 is 0. The Morgan fingerprint density at radius 2 is 1.45 bits per heavy atom. The Bertz CT molecular complexity index is 1230. The normalized spacial score (nSPS) is 14.1. The van der Waals surface area contributed by atoms with Crippen LogP contribution < -0.4 is 21.0 Å². The molecule has 1 heterocycles. The van der Waals surface area contributed by atoms with Gasteiger partial charge in [0.15, 0.2) is 5.54 Å². The molecule has 0 aliphatic carbocycles. The number of hydrazine groups is 1. The van der Waals surface area contributed by atoms with Crippen molar-refractivity contribution in [3.8, 4) is 0 Å². The highest BCUT2D eigenvalue weighted by molar-refractivity contribution is 5.94. The lowest BCUT2D eigenvalue weighted by Gasteiger charge is -2.47. The molecule has 8 nitrogen and oxygen atoms in total. The van der Waals surface area contributed by atoms with Crippen molar-refractivity contribution in [2.45, 2.75) is 32.4 Å². The largest absolute Gasteiger partial charge is 0.369 e. The van der Waals surface area contributed by atoms with Crippen molar-refractivity contribution in [3.05, 3.63) is 109 Å². The molecule has 0 radical (unpaired) electrons. The van der Waals surface area contributed by atoms with Crippen molar-refractivity contribution in [3.63, 3.8) is 0 Å². The number of hydrogen-bond donors (Lipinski definition) is 2. The predicted octanol–water partition coefficient (Wildman–Crippen LogP) is 4.54. The first-order chi connectivity index (χ1) is 19.3. The molecule has 0 aromatic heterocycles. The lowest BCUT2D eigenvalue weighted by molar-refractivity contribution is -0.132. The minimum atomic E-state index is -0.941. The third-order valence-corrected chi connectivity index (χ3v) is 7.46. The lowest BCUT2D eigenvalue weighted by atomic mass is 9.79. The van der Waals surface area contributed by atoms with E-state index in [4.69, 9.17) is 5.84 Å². The number of carbonyl (C=O) groups excluding carboxylic acids is 2. The van der Waals surface area contributed by atoms with Crippen molar-refractivity contribution in [2.24, 2.45) is 5.84 Å². The molecule has 210 valence electrons. The molecule has 1 aliphatic rings. The summed E-state index contributed by atoms with van der Waals surface area (Å²) in [6.45, 7) is 12.9. The highest BCUT2D eigenvalue weighted by atomic mass is 16.2. The summed E-state index contributed by atoms with van der Waals surface area (Å²) in [6, 6.07) is 27.5. The molecule has 1 aliphatic heterocycles. The van der Waals surface area contributed by atoms with E-state index in [2.05, 4.69) is 21.7 Å². The number of piperazine rings is 1. The van der Waals surface area contributed by atoms with Gasteiger partial charge in [-0.25, -0.2) is 10.6 Å². The van der Waals surface area contributed by atoms with Gasteiger partial charge in [0.25, 0.3) is 0 Å². The number of amides is 3. The molecule has 3 N–H and O–H groups in total. The van der Waals surface area contributed by atoms with E-state index >= 15 is 0 Å². The molecule has 0 saturated carbocycles. The molecule has 1 saturated heterocycles. The van der Waals surface area contributed by atoms with Crippen LogP contribution >= 0.6 is 0 Å². The molecule has 0 unspecified atom stereocenters. The Kier molecular flexibility index (Phi) is 9.24. The fourth-order valence-electron chi connectivity index (χ4n) is 5.35. The lowest BCUT2D eigenvalue weighted by Crippen LogP contribution is -2.62. The van der Waals surface area contributed by atoms with Gasteiger partial charge < -0.3 is 10.2 Å². The van der Waals surface area contributed by atoms with Crippen molar-refractivity contribution < 1.29 is 9.59 Å². The van der Waals surface area contributed by atoms with Crippen LogP contribution in [0.15, 0.2) is 97.7 Å². The van der Waals surface area contributed by atoms with Crippen LogP contribution in [-0.2, 0) is 10.3 Å². The van der Waals surface area contributed by atoms with Gasteiger partial charge in [0, 0.05) is 50.7 Å². The van der Waals surface area contributed by atoms with Crippen LogP contribution in [0.25, 0.3) is 0 Å². The SMILES string of the molecule is C=CN(C(=O)N(N)C(C)C)c1ccc(N2CCN(C(C(=O)NCC)(c3ccccc3)c3ccccc3)CC2)cc1. The standard InChI is InChI=1S/C32H40N6O2/c1-5-34-30(39)32(26-13-9-7-10-14-26,27-15-11-8-12-16-27)36-23-21-35(22-24-36)28-17-19-29(20-18-28)37(6-2)31(40)38(33)25(3)4/h6-20,25H,2,5,21-24,33H2,1,3-4H3,(H,34,39). The second kappa shape index (κ2) is 12.8. The molecule has 0 bridgehead atoms. The maximum absolute atomic E-state index is 14.0. The van der Waals surface area contributed by atoms with Gasteiger partial charge in [-0.3, -0.25) is 19.6 Å². The molecule has 3 amide bonds. The average Bonchev–Trinajstić information content (AvgIpc) is 2.99. The van der Waals surface area contributed by atoms with Gasteiger partial charge in [0.05, 0.1) is 5.69 Å². The summed E-state index contributed by atoms with van der Waals surface area (Å²) in [5.74, 6) is 5.93. The van der Waals surface area contributed by atoms with Crippen LogP contribution in [0.3, 0.4) is 0 Å². The Labute approximate surface area is 237 Å². The van der Waals surface area contributed by atoms with E-state index in [0.29, 0.717) is 25.3 Å². The van der Waals surface area contributed by atoms with E-state index in [-0.39, 0.29) is 18.0 Å². The van der Waals surface area contributed by atoms with E-state index in [9.17, 15) is 9.59 Å². The number of carbonyl (C=O) groups is 2. The number of urea groups is 1. The molecule has 0 spiro atoms. The van der Waals surface area contributed by atoms with Gasteiger partial charge in [-0.15, -0.1) is 0 Å². The van der Waals surface area contributed by atoms with E-state index in [0.717, 1.165) is 29.9 Å². The molecule has 1 fully saturated rings. The van der Waals surface area contributed by atoms with Crippen molar-refractivity contribution in [1.29, 1.82) is 0 Å². The Morgan fingerprint density at radius 1 is 0.925 bits per heavy atom. The second-order valence-electron chi connectivity index (χ2n) is 10.1. The van der Waals surface area contributed by atoms with Crippen molar-refractivity contribution in [1.82, 2.24) is 15.2 Å². The maximum atomic E-state index is 14.0. The van der Waals surface area contributed by atoms with E-state index < -0.39 is 5.54 Å². The molecule has 4 rings (SSSR count). The zero-order valence-corrected chi connectivity index (χ0v) is 23.7. The third-order valence-electron chi connectivity index (χ3n) is 7.46. The number of nitrogens with one attached hydrogen (secondary N) is 1. The van der Waals surface area contributed by atoms with Gasteiger partial charge >= 0.3 is 6.03 Å². The molecule has 0 atom stereocenters. The first-order valence-corrected chi connectivity index (χ1v) is 13.8. The van der Waals surface area contributed by atoms with Crippen LogP contribution in [0.5, 0.6) is 0 Å². The monoisotopic (exact) mass is 540 g/mol. The summed E-state index contributed by atoms with van der Waals surface area (Å²) in [7, 11) is 0. The zero-order chi connectivity index (χ0) is 28.7. The Balaban J connectivity index is 1.59. The van der Waals surface area contributed by atoms with Crippen LogP contribution in [0.4, 0.5) is 16.2 Å². The summed E-state index contributed by atoms with van der Waals surface area (Å²) in [5.41, 5.74) is 2.71. The summed E-state index contributed by atoms with van der Waals surface area (Å²) in [5, 5.41) is 4.31. The molecule has 40 heavy (non-hydrogen) atoms. The number of nitrogens with two attached hydrogens (primary N) is 1. The number of rotatable bonds is 9. The van der Waals surface area contributed by atoms with Crippen LogP contribution in [0.2, 0.25) is 0 Å². The van der Waals surface area contributed by atoms with E-state index in [1.54, 1.807) is 0 Å². The van der Waals surface area contributed by atoms with Gasteiger partial charge in [0.2, 0.25) is 5.91 Å². The van der Waals surface area contributed by atoms with Crippen LogP contribution in [0.1, 0.15) is 31.9 Å². The minimum Gasteiger partial charge on any atom is -0.369 e. The fraction of sp³-hybridized carbons (Fsp3) is 0.312. The summed E-state index contributed by atoms with van der Waals surface area (Å²) in [4.78, 5) is 32.8. The Hall–Kier alpha value is -4.14. The van der Waals surface area contributed by atoms with Crippen LogP contribution in [0, 0.1) is 0 Å². The van der Waals surface area contributed by atoms with Crippen molar-refractivity contribution in [2.75, 3.05) is 42.5 Å². The topological polar surface area (TPSA) is 85.2 Å². The number of likely N-dealkylation sites (N-methyl/N-ethyl adjacent to an activating group) is 1. The maximum Gasteiger partial charge on any atom is 0.342 e. The van der Waals surface area contributed by atoms with Gasteiger partial charge in [-0.1, -0.05) is 67.2 Å². The number of nitrogens with zero attached hydrogens (tertiary/aromatic N) is 4. The minimum absolute atomic E-state index is 0.0188. The smallest absolute Gasteiger partial charge is 0.342 e. The highest BCUT2D eigenvalue weighted by Gasteiger charge is 2.47. The zero-order valence-electron chi connectivity index (χ0n) is 23.7. The molecule has 3 aromatic rings. The summed E-state index contributed by atoms with van der Waals surface area (Å²) in [6.07, 6.45) is 1.48. The number of hydrogen-bond acceptors (Lipinski definition) is 5. The Morgan fingerprint density at radius 3 is 1.90 bits per heavy atom. The van der Waals surface area contributed by atoms with Crippen molar-refractivity contribution >= 4 is 23.3 Å². The number of benzene rings is 3. The van der Waals surface area contributed by atoms with E-state index in [1.165, 1.54) is 16.1 Å². The molecule has 8 heteroatoms. The van der Waals surface area contributed by atoms with Crippen LogP contribution in [-0.4, -0.2) is 60.6 Å². The molecular formula is C32H40N6O2. The summed E-state index contributed by atoms with van der Waals surface area (Å²) < 4.78 is 0. The predicted molar refractivity (Wildman–Crippen MR) is 162 cm³/mol. The highest BCUT2D eigenvalue weighted by Crippen LogP contribution is 2.38. The average molecular weight is 541 g/mol. The van der Waals surface area contributed by atoms with Gasteiger partial charge in [0.1, 0.15) is 0 Å². The molecule has 3 aromatic carbocycles. The first kappa shape index (κ1) is 28.9. The first-order valence-electron chi connectivity index (χ1n) is 13.8. The quantitative estimate of drug-likeness (QED) is 0.236.